The number of ether oxygens (including phenoxy) is 1. The van der Waals surface area contributed by atoms with Crippen molar-refractivity contribution in [1.29, 1.82) is 0 Å². The number of ketones is 1. The average Bonchev–Trinajstić information content (AvgIpc) is 3.17. The van der Waals surface area contributed by atoms with Crippen molar-refractivity contribution in [2.75, 3.05) is 20.3 Å². The molecule has 0 aliphatic heterocycles. The number of halogens is 4. The Kier molecular flexibility index (Phi) is 6.82. The highest BCUT2D eigenvalue weighted by molar-refractivity contribution is 6.24. The van der Waals surface area contributed by atoms with Crippen LogP contribution in [0.2, 0.25) is 0 Å². The monoisotopic (exact) mass is 403 g/mol. The SMILES string of the molecule is CCOC(=O)/C(=C/N(C)C1(CO)CCCC1)C(=O)c1cc(F)c(F)c(F)c1F. The minimum atomic E-state index is -2.15. The largest absolute Gasteiger partial charge is 0.462 e. The van der Waals surface area contributed by atoms with E-state index in [9.17, 15) is 32.3 Å². The topological polar surface area (TPSA) is 66.8 Å². The third kappa shape index (κ3) is 4.04. The molecule has 0 radical (unpaired) electrons. The van der Waals surface area contributed by atoms with E-state index in [1.165, 1.54) is 18.9 Å². The van der Waals surface area contributed by atoms with Crippen LogP contribution in [-0.2, 0) is 9.53 Å². The first-order valence-electron chi connectivity index (χ1n) is 8.79. The maximum Gasteiger partial charge on any atom is 0.343 e. The fourth-order valence-electron chi connectivity index (χ4n) is 3.28. The van der Waals surface area contributed by atoms with Crippen molar-refractivity contribution in [3.05, 3.63) is 46.7 Å². The summed E-state index contributed by atoms with van der Waals surface area (Å²) in [6.07, 6.45) is 3.90. The van der Waals surface area contributed by atoms with Gasteiger partial charge in [0.25, 0.3) is 0 Å². The minimum absolute atomic E-state index is 0.104. The summed E-state index contributed by atoms with van der Waals surface area (Å²) in [5.41, 5.74) is -2.54. The highest BCUT2D eigenvalue weighted by atomic mass is 19.2. The number of aliphatic hydroxyl groups is 1. The number of Topliss-reactive ketones (excluding diaryl/α,β-unsaturated/α-hetero) is 1. The summed E-state index contributed by atoms with van der Waals surface area (Å²) in [6.45, 7) is 1.12. The molecule has 1 aromatic carbocycles. The van der Waals surface area contributed by atoms with E-state index in [0.717, 1.165) is 19.0 Å². The molecule has 0 bridgehead atoms. The zero-order valence-electron chi connectivity index (χ0n) is 15.5. The van der Waals surface area contributed by atoms with E-state index >= 15 is 0 Å². The van der Waals surface area contributed by atoms with Crippen LogP contribution in [-0.4, -0.2) is 47.6 Å². The van der Waals surface area contributed by atoms with Gasteiger partial charge < -0.3 is 14.7 Å². The lowest BCUT2D eigenvalue weighted by Gasteiger charge is -2.37. The first-order chi connectivity index (χ1) is 13.2. The molecule has 0 spiro atoms. The second-order valence-electron chi connectivity index (χ2n) is 6.64. The number of esters is 1. The molecular weight excluding hydrogens is 382 g/mol. The number of nitrogens with zero attached hydrogens (tertiary/aromatic N) is 1. The van der Waals surface area contributed by atoms with Gasteiger partial charge in [0.1, 0.15) is 5.57 Å². The lowest BCUT2D eigenvalue weighted by Crippen LogP contribution is -2.45. The first-order valence-corrected chi connectivity index (χ1v) is 8.79. The van der Waals surface area contributed by atoms with Crippen molar-refractivity contribution in [3.8, 4) is 0 Å². The van der Waals surface area contributed by atoms with E-state index in [2.05, 4.69) is 0 Å². The van der Waals surface area contributed by atoms with Gasteiger partial charge in [0.15, 0.2) is 23.3 Å². The Morgan fingerprint density at radius 3 is 2.32 bits per heavy atom. The van der Waals surface area contributed by atoms with Crippen molar-refractivity contribution in [2.45, 2.75) is 38.1 Å². The predicted molar refractivity (Wildman–Crippen MR) is 91.4 cm³/mol. The molecule has 1 aromatic rings. The second-order valence-corrected chi connectivity index (χ2v) is 6.64. The van der Waals surface area contributed by atoms with E-state index in [4.69, 9.17) is 4.74 Å². The Labute approximate surface area is 159 Å². The molecule has 2 rings (SSSR count). The Morgan fingerprint density at radius 2 is 1.79 bits per heavy atom. The van der Waals surface area contributed by atoms with Gasteiger partial charge in [0, 0.05) is 13.2 Å². The molecular formula is C19H21F4NO4. The van der Waals surface area contributed by atoms with Gasteiger partial charge in [-0.1, -0.05) is 12.8 Å². The number of rotatable bonds is 7. The Hall–Kier alpha value is -2.42. The van der Waals surface area contributed by atoms with Gasteiger partial charge in [-0.25, -0.2) is 22.4 Å². The summed E-state index contributed by atoms with van der Waals surface area (Å²) in [4.78, 5) is 26.4. The zero-order valence-corrected chi connectivity index (χ0v) is 15.5. The van der Waals surface area contributed by atoms with Gasteiger partial charge in [-0.05, 0) is 25.8 Å². The fourth-order valence-corrected chi connectivity index (χ4v) is 3.28. The fraction of sp³-hybridized carbons (Fsp3) is 0.474. The number of carbonyl (C=O) groups is 2. The van der Waals surface area contributed by atoms with E-state index in [-0.39, 0.29) is 19.3 Å². The lowest BCUT2D eigenvalue weighted by atomic mass is 9.96. The van der Waals surface area contributed by atoms with E-state index < -0.39 is 51.7 Å². The average molecular weight is 403 g/mol. The molecule has 28 heavy (non-hydrogen) atoms. The van der Waals surface area contributed by atoms with E-state index in [0.29, 0.717) is 12.8 Å². The molecule has 9 heteroatoms. The van der Waals surface area contributed by atoms with Crippen LogP contribution in [0.25, 0.3) is 0 Å². The third-order valence-corrected chi connectivity index (χ3v) is 4.99. The Morgan fingerprint density at radius 1 is 1.18 bits per heavy atom. The van der Waals surface area contributed by atoms with Gasteiger partial charge in [0.2, 0.25) is 5.78 Å². The first kappa shape index (κ1) is 21.9. The number of carbonyl (C=O) groups excluding carboxylic acids is 2. The summed E-state index contributed by atoms with van der Waals surface area (Å²) >= 11 is 0. The normalized spacial score (nSPS) is 16.2. The highest BCUT2D eigenvalue weighted by Gasteiger charge is 2.37. The second kappa shape index (κ2) is 8.72. The van der Waals surface area contributed by atoms with Gasteiger partial charge in [-0.15, -0.1) is 0 Å². The highest BCUT2D eigenvalue weighted by Crippen LogP contribution is 2.35. The number of benzene rings is 1. The summed E-state index contributed by atoms with van der Waals surface area (Å²) in [6, 6.07) is 0.195. The molecule has 1 N–H and O–H groups in total. The smallest absolute Gasteiger partial charge is 0.343 e. The standard InChI is InChI=1S/C19H21F4NO4/c1-3-28-18(27)12(9-24(2)19(10-25)6-4-5-7-19)17(26)11-8-13(20)15(22)16(23)14(11)21/h8-9,25H,3-7,10H2,1-2H3/b12-9+. The molecule has 5 nitrogen and oxygen atoms in total. The van der Waals surface area contributed by atoms with Crippen LogP contribution in [0.15, 0.2) is 17.8 Å². The van der Waals surface area contributed by atoms with Crippen molar-refractivity contribution in [1.82, 2.24) is 4.90 Å². The van der Waals surface area contributed by atoms with Crippen LogP contribution in [0.4, 0.5) is 17.6 Å². The minimum Gasteiger partial charge on any atom is -0.462 e. The molecule has 1 saturated carbocycles. The van der Waals surface area contributed by atoms with Crippen molar-refractivity contribution in [3.63, 3.8) is 0 Å². The maximum atomic E-state index is 14.0. The van der Waals surface area contributed by atoms with Crippen LogP contribution in [0, 0.1) is 23.3 Å². The van der Waals surface area contributed by atoms with Crippen molar-refractivity contribution < 1.29 is 37.0 Å². The molecule has 154 valence electrons. The van der Waals surface area contributed by atoms with Crippen molar-refractivity contribution in [2.24, 2.45) is 0 Å². The molecule has 0 aromatic heterocycles. The number of aliphatic hydroxyl groups excluding tert-OH is 1. The number of likely N-dealkylation sites (N-methyl/N-ethyl adjacent to an activating group) is 1. The summed E-state index contributed by atoms with van der Waals surface area (Å²) < 4.78 is 59.1. The number of hydrogen-bond donors (Lipinski definition) is 1. The molecule has 0 amide bonds. The summed E-state index contributed by atoms with van der Waals surface area (Å²) in [5, 5.41) is 9.77. The summed E-state index contributed by atoms with van der Waals surface area (Å²) in [7, 11) is 1.52. The van der Waals surface area contributed by atoms with Crippen molar-refractivity contribution >= 4 is 11.8 Å². The lowest BCUT2D eigenvalue weighted by molar-refractivity contribution is -0.138. The van der Waals surface area contributed by atoms with Gasteiger partial charge in [-0.3, -0.25) is 4.79 Å². The molecule has 1 fully saturated rings. The van der Waals surface area contributed by atoms with Crippen LogP contribution < -0.4 is 0 Å². The van der Waals surface area contributed by atoms with Crippen LogP contribution in [0.1, 0.15) is 43.0 Å². The van der Waals surface area contributed by atoms with Crippen LogP contribution >= 0.6 is 0 Å². The molecule has 0 atom stereocenters. The van der Waals surface area contributed by atoms with Crippen LogP contribution in [0.3, 0.4) is 0 Å². The Balaban J connectivity index is 2.52. The molecule has 1 aliphatic carbocycles. The maximum absolute atomic E-state index is 14.0. The van der Waals surface area contributed by atoms with Gasteiger partial charge >= 0.3 is 5.97 Å². The molecule has 0 saturated heterocycles. The molecule has 0 unspecified atom stereocenters. The van der Waals surface area contributed by atoms with E-state index in [1.54, 1.807) is 0 Å². The van der Waals surface area contributed by atoms with Crippen LogP contribution in [0.5, 0.6) is 0 Å². The third-order valence-electron chi connectivity index (χ3n) is 4.99. The molecule has 0 heterocycles. The Bertz CT molecular complexity index is 804. The van der Waals surface area contributed by atoms with E-state index in [1.807, 2.05) is 0 Å². The quantitative estimate of drug-likeness (QED) is 0.111. The van der Waals surface area contributed by atoms with Gasteiger partial charge in [-0.2, -0.15) is 0 Å². The predicted octanol–water partition coefficient (Wildman–Crippen LogP) is 3.11. The number of hydrogen-bond acceptors (Lipinski definition) is 5. The van der Waals surface area contributed by atoms with Gasteiger partial charge in [0.05, 0.1) is 24.3 Å². The molecule has 1 aliphatic rings. The summed E-state index contributed by atoms with van der Waals surface area (Å²) in [5.74, 6) is -10.4. The zero-order chi connectivity index (χ0) is 21.1.